The Kier molecular flexibility index (Phi) is 7.30. The summed E-state index contributed by atoms with van der Waals surface area (Å²) >= 11 is 6.22. The Balaban J connectivity index is 1.52. The lowest BCUT2D eigenvalue weighted by atomic mass is 10.2. The van der Waals surface area contributed by atoms with E-state index in [-0.39, 0.29) is 5.38 Å². The molecule has 21 heavy (non-hydrogen) atoms. The summed E-state index contributed by atoms with van der Waals surface area (Å²) in [5.41, 5.74) is 2.35. The second-order valence-corrected chi connectivity index (χ2v) is 5.54. The summed E-state index contributed by atoms with van der Waals surface area (Å²) in [6.45, 7) is 2.44. The molecule has 0 bridgehead atoms. The van der Waals surface area contributed by atoms with Gasteiger partial charge in [-0.15, -0.1) is 11.6 Å². The number of benzene rings is 2. The summed E-state index contributed by atoms with van der Waals surface area (Å²) in [5.74, 6) is 0. The minimum Gasteiger partial charge on any atom is -0.377 e. The van der Waals surface area contributed by atoms with Crippen LogP contribution in [0.25, 0.3) is 0 Å². The molecule has 1 atom stereocenters. The zero-order chi connectivity index (χ0) is 14.8. The van der Waals surface area contributed by atoms with Crippen LogP contribution >= 0.6 is 11.6 Å². The largest absolute Gasteiger partial charge is 0.377 e. The molecule has 0 amide bonds. The highest BCUT2D eigenvalue weighted by Gasteiger charge is 2.05. The summed E-state index contributed by atoms with van der Waals surface area (Å²) in [5, 5.41) is -0.00974. The summed E-state index contributed by atoms with van der Waals surface area (Å²) in [7, 11) is 0. The molecule has 0 heterocycles. The van der Waals surface area contributed by atoms with Gasteiger partial charge in [0.05, 0.1) is 25.2 Å². The van der Waals surface area contributed by atoms with Crippen molar-refractivity contribution in [1.82, 2.24) is 0 Å². The van der Waals surface area contributed by atoms with E-state index in [1.165, 1.54) is 11.1 Å². The maximum atomic E-state index is 6.22. The normalized spacial score (nSPS) is 12.2. The highest BCUT2D eigenvalue weighted by molar-refractivity contribution is 6.20. The predicted octanol–water partition coefficient (Wildman–Crippen LogP) is 4.42. The molecule has 2 rings (SSSR count). The molecule has 0 radical (unpaired) electrons. The van der Waals surface area contributed by atoms with E-state index < -0.39 is 0 Å². The van der Waals surface area contributed by atoms with E-state index in [4.69, 9.17) is 21.1 Å². The minimum absolute atomic E-state index is 0.00974. The molecule has 0 aliphatic heterocycles. The summed E-state index contributed by atoms with van der Waals surface area (Å²) in [6.07, 6.45) is 0.795. The molecule has 0 saturated heterocycles. The van der Waals surface area contributed by atoms with Gasteiger partial charge in [-0.05, 0) is 17.5 Å². The number of alkyl halides is 1. The molecular weight excluding hydrogens is 284 g/mol. The zero-order valence-corrected chi connectivity index (χ0v) is 12.8. The Morgan fingerprint density at radius 3 is 1.86 bits per heavy atom. The van der Waals surface area contributed by atoms with Crippen LogP contribution in [-0.2, 0) is 22.7 Å². The van der Waals surface area contributed by atoms with Gasteiger partial charge in [-0.1, -0.05) is 60.7 Å². The molecule has 0 aliphatic carbocycles. The molecule has 0 aliphatic rings. The van der Waals surface area contributed by atoms with Crippen molar-refractivity contribution in [3.05, 3.63) is 71.8 Å². The van der Waals surface area contributed by atoms with Crippen LogP contribution in [0, 0.1) is 0 Å². The van der Waals surface area contributed by atoms with Crippen LogP contribution in [0.2, 0.25) is 0 Å². The Morgan fingerprint density at radius 1 is 0.762 bits per heavy atom. The van der Waals surface area contributed by atoms with Gasteiger partial charge >= 0.3 is 0 Å². The van der Waals surface area contributed by atoms with Crippen molar-refractivity contribution >= 4 is 11.6 Å². The van der Waals surface area contributed by atoms with E-state index in [0.29, 0.717) is 26.4 Å². The molecule has 3 heteroatoms. The van der Waals surface area contributed by atoms with E-state index in [1.54, 1.807) is 0 Å². The summed E-state index contributed by atoms with van der Waals surface area (Å²) in [6, 6.07) is 20.3. The number of halogens is 1. The van der Waals surface area contributed by atoms with Gasteiger partial charge in [-0.3, -0.25) is 0 Å². The van der Waals surface area contributed by atoms with Crippen LogP contribution < -0.4 is 0 Å². The molecule has 2 aromatic rings. The molecule has 2 nitrogen and oxygen atoms in total. The monoisotopic (exact) mass is 304 g/mol. The number of rotatable bonds is 9. The lowest BCUT2D eigenvalue weighted by molar-refractivity contribution is 0.0919. The third-order valence-corrected chi connectivity index (χ3v) is 3.44. The number of hydrogen-bond donors (Lipinski definition) is 0. The van der Waals surface area contributed by atoms with Crippen LogP contribution in [0.5, 0.6) is 0 Å². The summed E-state index contributed by atoms with van der Waals surface area (Å²) < 4.78 is 11.2. The molecule has 0 spiro atoms. The Labute approximate surface area is 131 Å². The van der Waals surface area contributed by atoms with Crippen molar-refractivity contribution in [3.63, 3.8) is 0 Å². The van der Waals surface area contributed by atoms with Crippen LogP contribution in [0.15, 0.2) is 60.7 Å². The fraction of sp³-hybridized carbons (Fsp3) is 0.333. The van der Waals surface area contributed by atoms with E-state index in [1.807, 2.05) is 48.5 Å². The van der Waals surface area contributed by atoms with Crippen molar-refractivity contribution in [2.45, 2.75) is 25.0 Å². The van der Waals surface area contributed by atoms with Crippen molar-refractivity contribution < 1.29 is 9.47 Å². The standard InChI is InChI=1S/C18H21ClO2/c19-18(15-21-14-17-9-5-2-6-10-17)11-12-20-13-16-7-3-1-4-8-16/h1-10,18H,11-15H2/t18-/m1/s1. The second-order valence-electron chi connectivity index (χ2n) is 4.92. The highest BCUT2D eigenvalue weighted by atomic mass is 35.5. The van der Waals surface area contributed by atoms with Crippen LogP contribution in [-0.4, -0.2) is 18.6 Å². The fourth-order valence-electron chi connectivity index (χ4n) is 1.94. The van der Waals surface area contributed by atoms with E-state index in [2.05, 4.69) is 12.1 Å². The van der Waals surface area contributed by atoms with Crippen molar-refractivity contribution in [1.29, 1.82) is 0 Å². The third-order valence-electron chi connectivity index (χ3n) is 3.10. The minimum atomic E-state index is -0.00974. The maximum Gasteiger partial charge on any atom is 0.0717 e. The Morgan fingerprint density at radius 2 is 1.29 bits per heavy atom. The predicted molar refractivity (Wildman–Crippen MR) is 86.5 cm³/mol. The topological polar surface area (TPSA) is 18.5 Å². The van der Waals surface area contributed by atoms with E-state index in [9.17, 15) is 0 Å². The summed E-state index contributed by atoms with van der Waals surface area (Å²) in [4.78, 5) is 0. The first kappa shape index (κ1) is 16.0. The molecule has 0 unspecified atom stereocenters. The fourth-order valence-corrected chi connectivity index (χ4v) is 2.12. The van der Waals surface area contributed by atoms with Gasteiger partial charge in [0.2, 0.25) is 0 Å². The average molecular weight is 305 g/mol. The van der Waals surface area contributed by atoms with E-state index >= 15 is 0 Å². The molecule has 2 aromatic carbocycles. The van der Waals surface area contributed by atoms with Gasteiger partial charge in [0.1, 0.15) is 0 Å². The Bertz CT molecular complexity index is 487. The molecular formula is C18H21ClO2. The number of ether oxygens (including phenoxy) is 2. The van der Waals surface area contributed by atoms with Gasteiger partial charge < -0.3 is 9.47 Å². The lowest BCUT2D eigenvalue weighted by Gasteiger charge is -2.11. The first-order valence-electron chi connectivity index (χ1n) is 7.22. The van der Waals surface area contributed by atoms with Crippen LogP contribution in [0.1, 0.15) is 17.5 Å². The molecule has 0 fully saturated rings. The lowest BCUT2D eigenvalue weighted by Crippen LogP contribution is -2.12. The average Bonchev–Trinajstić information content (AvgIpc) is 2.54. The van der Waals surface area contributed by atoms with Gasteiger partial charge in [0, 0.05) is 6.61 Å². The van der Waals surface area contributed by atoms with Gasteiger partial charge in [-0.2, -0.15) is 0 Å². The first-order valence-corrected chi connectivity index (χ1v) is 7.65. The molecule has 0 aromatic heterocycles. The first-order chi connectivity index (χ1) is 10.3. The highest BCUT2D eigenvalue weighted by Crippen LogP contribution is 2.08. The Hall–Kier alpha value is -1.35. The molecule has 0 saturated carbocycles. The SMILES string of the molecule is Cl[C@H](CCOCc1ccccc1)COCc1ccccc1. The number of hydrogen-bond acceptors (Lipinski definition) is 2. The van der Waals surface area contributed by atoms with Crippen LogP contribution in [0.4, 0.5) is 0 Å². The van der Waals surface area contributed by atoms with Gasteiger partial charge in [0.15, 0.2) is 0 Å². The van der Waals surface area contributed by atoms with Crippen molar-refractivity contribution in [3.8, 4) is 0 Å². The molecule has 0 N–H and O–H groups in total. The van der Waals surface area contributed by atoms with Gasteiger partial charge in [0.25, 0.3) is 0 Å². The zero-order valence-electron chi connectivity index (χ0n) is 12.1. The van der Waals surface area contributed by atoms with E-state index in [0.717, 1.165) is 6.42 Å². The smallest absolute Gasteiger partial charge is 0.0717 e. The molecule has 112 valence electrons. The second kappa shape index (κ2) is 9.56. The quantitative estimate of drug-likeness (QED) is 0.504. The van der Waals surface area contributed by atoms with Gasteiger partial charge in [-0.25, -0.2) is 0 Å². The third kappa shape index (κ3) is 6.76. The van der Waals surface area contributed by atoms with Crippen molar-refractivity contribution in [2.75, 3.05) is 13.2 Å². The van der Waals surface area contributed by atoms with Crippen LogP contribution in [0.3, 0.4) is 0 Å². The maximum absolute atomic E-state index is 6.22. The van der Waals surface area contributed by atoms with Crippen molar-refractivity contribution in [2.24, 2.45) is 0 Å².